The predicted octanol–water partition coefficient (Wildman–Crippen LogP) is 5.63. The van der Waals surface area contributed by atoms with E-state index >= 15 is 0 Å². The number of hydrogen-bond acceptors (Lipinski definition) is 1. The van der Waals surface area contributed by atoms with E-state index in [1.165, 1.54) is 11.1 Å². The topological polar surface area (TPSA) is 9.23 Å². The SMILES string of the molecule is Cc1ccc(OCc2ccccc2Br)c(C(C)(C)C)c1. The highest BCUT2D eigenvalue weighted by molar-refractivity contribution is 9.10. The summed E-state index contributed by atoms with van der Waals surface area (Å²) in [6, 6.07) is 14.6. The van der Waals surface area contributed by atoms with Crippen molar-refractivity contribution in [3.8, 4) is 5.75 Å². The van der Waals surface area contributed by atoms with Gasteiger partial charge in [0.1, 0.15) is 12.4 Å². The van der Waals surface area contributed by atoms with Crippen molar-refractivity contribution in [2.24, 2.45) is 0 Å². The van der Waals surface area contributed by atoms with Crippen LogP contribution in [0.5, 0.6) is 5.75 Å². The van der Waals surface area contributed by atoms with E-state index < -0.39 is 0 Å². The Labute approximate surface area is 130 Å². The zero-order chi connectivity index (χ0) is 14.8. The highest BCUT2D eigenvalue weighted by Crippen LogP contribution is 2.33. The number of rotatable bonds is 3. The van der Waals surface area contributed by atoms with Crippen LogP contribution in [-0.2, 0) is 12.0 Å². The molecule has 0 unspecified atom stereocenters. The van der Waals surface area contributed by atoms with Gasteiger partial charge in [-0.15, -0.1) is 0 Å². The number of benzene rings is 2. The van der Waals surface area contributed by atoms with Gasteiger partial charge >= 0.3 is 0 Å². The van der Waals surface area contributed by atoms with Crippen LogP contribution in [0.3, 0.4) is 0 Å². The minimum absolute atomic E-state index is 0.0786. The van der Waals surface area contributed by atoms with Gasteiger partial charge in [-0.25, -0.2) is 0 Å². The molecule has 0 bridgehead atoms. The zero-order valence-corrected chi connectivity index (χ0v) is 14.1. The average molecular weight is 333 g/mol. The van der Waals surface area contributed by atoms with Gasteiger partial charge in [0.15, 0.2) is 0 Å². The third-order valence-corrected chi connectivity index (χ3v) is 4.06. The lowest BCUT2D eigenvalue weighted by molar-refractivity contribution is 0.297. The lowest BCUT2D eigenvalue weighted by atomic mass is 9.85. The second-order valence-electron chi connectivity index (χ2n) is 6.13. The van der Waals surface area contributed by atoms with Gasteiger partial charge in [-0.05, 0) is 30.0 Å². The highest BCUT2D eigenvalue weighted by Gasteiger charge is 2.19. The fourth-order valence-corrected chi connectivity index (χ4v) is 2.53. The number of aryl methyl sites for hydroxylation is 1. The van der Waals surface area contributed by atoms with Crippen molar-refractivity contribution >= 4 is 15.9 Å². The Kier molecular flexibility index (Phi) is 4.54. The van der Waals surface area contributed by atoms with E-state index in [2.05, 4.69) is 67.9 Å². The molecule has 0 fully saturated rings. The van der Waals surface area contributed by atoms with Crippen LogP contribution in [0.25, 0.3) is 0 Å². The van der Waals surface area contributed by atoms with Crippen molar-refractivity contribution in [2.75, 3.05) is 0 Å². The molecule has 0 radical (unpaired) electrons. The summed E-state index contributed by atoms with van der Waals surface area (Å²) in [5, 5.41) is 0. The van der Waals surface area contributed by atoms with Gasteiger partial charge in [-0.1, -0.05) is 72.6 Å². The molecule has 0 aliphatic carbocycles. The van der Waals surface area contributed by atoms with Crippen molar-refractivity contribution < 1.29 is 4.74 Å². The van der Waals surface area contributed by atoms with Crippen molar-refractivity contribution in [1.29, 1.82) is 0 Å². The third kappa shape index (κ3) is 3.63. The highest BCUT2D eigenvalue weighted by atomic mass is 79.9. The van der Waals surface area contributed by atoms with Gasteiger partial charge < -0.3 is 4.74 Å². The first-order valence-corrected chi connectivity index (χ1v) is 7.64. The van der Waals surface area contributed by atoms with Crippen LogP contribution in [0.2, 0.25) is 0 Å². The fraction of sp³-hybridized carbons (Fsp3) is 0.333. The number of halogens is 1. The molecule has 2 heteroatoms. The number of ether oxygens (including phenoxy) is 1. The molecule has 0 atom stereocenters. The summed E-state index contributed by atoms with van der Waals surface area (Å²) in [7, 11) is 0. The standard InChI is InChI=1S/C18H21BrO/c1-13-9-10-17(15(11-13)18(2,3)4)20-12-14-7-5-6-8-16(14)19/h5-11H,12H2,1-4H3. The lowest BCUT2D eigenvalue weighted by Crippen LogP contribution is -2.13. The molecule has 106 valence electrons. The molecule has 2 aromatic carbocycles. The largest absolute Gasteiger partial charge is 0.489 e. The van der Waals surface area contributed by atoms with Gasteiger partial charge in [0.2, 0.25) is 0 Å². The van der Waals surface area contributed by atoms with Crippen molar-refractivity contribution in [3.63, 3.8) is 0 Å². The number of hydrogen-bond donors (Lipinski definition) is 0. The molecule has 0 aromatic heterocycles. The van der Waals surface area contributed by atoms with Gasteiger partial charge in [-0.3, -0.25) is 0 Å². The normalized spacial score (nSPS) is 11.4. The Morgan fingerprint density at radius 2 is 1.75 bits per heavy atom. The van der Waals surface area contributed by atoms with Crippen LogP contribution in [-0.4, -0.2) is 0 Å². The van der Waals surface area contributed by atoms with Gasteiger partial charge in [-0.2, -0.15) is 0 Å². The first-order valence-electron chi connectivity index (χ1n) is 6.85. The van der Waals surface area contributed by atoms with Crippen LogP contribution in [0.15, 0.2) is 46.9 Å². The molecule has 2 aromatic rings. The fourth-order valence-electron chi connectivity index (χ4n) is 2.13. The van der Waals surface area contributed by atoms with Crippen LogP contribution in [0.4, 0.5) is 0 Å². The van der Waals surface area contributed by atoms with Crippen molar-refractivity contribution in [1.82, 2.24) is 0 Å². The van der Waals surface area contributed by atoms with Crippen LogP contribution < -0.4 is 4.74 Å². The summed E-state index contributed by atoms with van der Waals surface area (Å²) >= 11 is 3.56. The Morgan fingerprint density at radius 3 is 2.40 bits per heavy atom. The summed E-state index contributed by atoms with van der Waals surface area (Å²) in [5.41, 5.74) is 3.76. The van der Waals surface area contributed by atoms with E-state index in [1.807, 2.05) is 18.2 Å². The maximum absolute atomic E-state index is 6.06. The Balaban J connectivity index is 2.24. The Morgan fingerprint density at radius 1 is 1.05 bits per heavy atom. The first-order chi connectivity index (χ1) is 9.38. The smallest absolute Gasteiger partial charge is 0.123 e. The van der Waals surface area contributed by atoms with Crippen molar-refractivity contribution in [3.05, 3.63) is 63.6 Å². The molecule has 20 heavy (non-hydrogen) atoms. The van der Waals surface area contributed by atoms with Crippen LogP contribution in [0, 0.1) is 6.92 Å². The van der Waals surface area contributed by atoms with Gasteiger partial charge in [0, 0.05) is 10.0 Å². The molecular formula is C18H21BrO. The van der Waals surface area contributed by atoms with E-state index in [4.69, 9.17) is 4.74 Å². The van der Waals surface area contributed by atoms with Crippen LogP contribution >= 0.6 is 15.9 Å². The summed E-state index contributed by atoms with van der Waals surface area (Å²) in [6.45, 7) is 9.34. The second-order valence-corrected chi connectivity index (χ2v) is 6.98. The molecule has 0 aliphatic rings. The van der Waals surface area contributed by atoms with Gasteiger partial charge in [0.05, 0.1) is 0 Å². The molecule has 0 aliphatic heterocycles. The summed E-state index contributed by atoms with van der Waals surface area (Å²) in [6.07, 6.45) is 0. The lowest BCUT2D eigenvalue weighted by Gasteiger charge is -2.23. The molecule has 0 spiro atoms. The monoisotopic (exact) mass is 332 g/mol. The van der Waals surface area contributed by atoms with E-state index in [0.717, 1.165) is 15.8 Å². The minimum Gasteiger partial charge on any atom is -0.489 e. The molecule has 0 saturated carbocycles. The van der Waals surface area contributed by atoms with E-state index in [0.29, 0.717) is 6.61 Å². The van der Waals surface area contributed by atoms with Gasteiger partial charge in [0.25, 0.3) is 0 Å². The minimum atomic E-state index is 0.0786. The predicted molar refractivity (Wildman–Crippen MR) is 88.4 cm³/mol. The van der Waals surface area contributed by atoms with Crippen LogP contribution in [0.1, 0.15) is 37.5 Å². The van der Waals surface area contributed by atoms with E-state index in [1.54, 1.807) is 0 Å². The molecule has 2 rings (SSSR count). The molecule has 0 amide bonds. The summed E-state index contributed by atoms with van der Waals surface area (Å²) in [5.74, 6) is 0.971. The summed E-state index contributed by atoms with van der Waals surface area (Å²) in [4.78, 5) is 0. The quantitative estimate of drug-likeness (QED) is 0.707. The maximum atomic E-state index is 6.06. The Hall–Kier alpha value is -1.28. The maximum Gasteiger partial charge on any atom is 0.123 e. The van der Waals surface area contributed by atoms with Crippen molar-refractivity contribution in [2.45, 2.75) is 39.7 Å². The van der Waals surface area contributed by atoms with E-state index in [-0.39, 0.29) is 5.41 Å². The second kappa shape index (κ2) is 6.01. The molecule has 0 heterocycles. The van der Waals surface area contributed by atoms with E-state index in [9.17, 15) is 0 Å². The molecular weight excluding hydrogens is 312 g/mol. The Bertz CT molecular complexity index is 597. The molecule has 0 N–H and O–H groups in total. The third-order valence-electron chi connectivity index (χ3n) is 3.28. The first kappa shape index (κ1) is 15.1. The molecule has 0 saturated heterocycles. The molecule has 1 nitrogen and oxygen atoms in total. The summed E-state index contributed by atoms with van der Waals surface area (Å²) < 4.78 is 7.14. The zero-order valence-electron chi connectivity index (χ0n) is 12.5. The average Bonchev–Trinajstić information content (AvgIpc) is 2.38.